The minimum Gasteiger partial charge on any atom is -0.488 e. The molecule has 0 atom stereocenters. The number of amides is 1. The molecule has 172 valence electrons. The third-order valence-electron chi connectivity index (χ3n) is 5.59. The molecule has 4 rings (SSSR count). The maximum absolute atomic E-state index is 12.6. The molecule has 0 aliphatic rings. The van der Waals surface area contributed by atoms with Crippen molar-refractivity contribution >= 4 is 38.8 Å². The number of nitrogens with zero attached hydrogens (tertiary/aromatic N) is 1. The van der Waals surface area contributed by atoms with E-state index in [9.17, 15) is 4.79 Å². The molecule has 1 N–H and O–H groups in total. The topological polar surface area (TPSA) is 50.7 Å². The van der Waals surface area contributed by atoms with Crippen molar-refractivity contribution in [2.45, 2.75) is 32.8 Å². The van der Waals surface area contributed by atoms with E-state index in [1.165, 1.54) is 5.56 Å². The summed E-state index contributed by atoms with van der Waals surface area (Å²) in [6, 6.07) is 27.6. The summed E-state index contributed by atoms with van der Waals surface area (Å²) in [6.45, 7) is 6.86. The van der Waals surface area contributed by atoms with Crippen molar-refractivity contribution in [3.05, 3.63) is 112 Å². The fourth-order valence-electron chi connectivity index (χ4n) is 3.66. The van der Waals surface area contributed by atoms with Gasteiger partial charge in [0.25, 0.3) is 5.91 Å². The largest absolute Gasteiger partial charge is 0.488 e. The number of nitrogens with one attached hydrogen (secondary N) is 1. The zero-order valence-corrected chi connectivity index (χ0v) is 21.1. The lowest BCUT2D eigenvalue weighted by Crippen LogP contribution is -2.18. The highest BCUT2D eigenvalue weighted by atomic mass is 79.9. The summed E-state index contributed by atoms with van der Waals surface area (Å²) in [5, 5.41) is 6.33. The first-order chi connectivity index (χ1) is 16.3. The number of fused-ring (bicyclic) bond motifs is 1. The minimum atomic E-state index is -0.256. The molecule has 0 fully saturated rings. The van der Waals surface area contributed by atoms with Gasteiger partial charge in [-0.05, 0) is 57.6 Å². The van der Waals surface area contributed by atoms with Gasteiger partial charge >= 0.3 is 0 Å². The quantitative estimate of drug-likeness (QED) is 0.217. The van der Waals surface area contributed by atoms with Crippen LogP contribution in [0.25, 0.3) is 10.8 Å². The Morgan fingerprint density at radius 1 is 0.971 bits per heavy atom. The van der Waals surface area contributed by atoms with Crippen molar-refractivity contribution in [1.82, 2.24) is 5.43 Å². The lowest BCUT2D eigenvalue weighted by molar-refractivity contribution is 0.0955. The third-order valence-corrected chi connectivity index (χ3v) is 6.08. The zero-order chi connectivity index (χ0) is 24.1. The summed E-state index contributed by atoms with van der Waals surface area (Å²) in [4.78, 5) is 12.6. The average molecular weight is 515 g/mol. The Hall–Kier alpha value is -3.44. The molecule has 1 amide bonds. The number of carbonyl (C=O) groups is 1. The van der Waals surface area contributed by atoms with Gasteiger partial charge in [-0.15, -0.1) is 0 Å². The molecule has 0 radical (unpaired) electrons. The van der Waals surface area contributed by atoms with Crippen LogP contribution in [0.3, 0.4) is 0 Å². The molecule has 0 saturated carbocycles. The minimum absolute atomic E-state index is 0.0355. The number of hydrogen-bond acceptors (Lipinski definition) is 3. The summed E-state index contributed by atoms with van der Waals surface area (Å²) in [7, 11) is 0. The van der Waals surface area contributed by atoms with E-state index in [2.05, 4.69) is 47.2 Å². The molecule has 4 aromatic rings. The Morgan fingerprint density at radius 2 is 1.74 bits per heavy atom. The van der Waals surface area contributed by atoms with E-state index in [-0.39, 0.29) is 11.3 Å². The van der Waals surface area contributed by atoms with Crippen LogP contribution in [0.4, 0.5) is 0 Å². The Balaban J connectivity index is 1.54. The second-order valence-electron chi connectivity index (χ2n) is 9.14. The van der Waals surface area contributed by atoms with Crippen LogP contribution in [0.5, 0.6) is 5.75 Å². The predicted octanol–water partition coefficient (Wildman–Crippen LogP) is 7.24. The molecule has 0 spiro atoms. The van der Waals surface area contributed by atoms with Crippen molar-refractivity contribution in [1.29, 1.82) is 0 Å². The monoisotopic (exact) mass is 514 g/mol. The highest BCUT2D eigenvalue weighted by molar-refractivity contribution is 9.10. The van der Waals surface area contributed by atoms with Crippen molar-refractivity contribution in [2.75, 3.05) is 0 Å². The molecule has 34 heavy (non-hydrogen) atoms. The first kappa shape index (κ1) is 23.7. The number of rotatable bonds is 6. The number of benzene rings is 4. The zero-order valence-electron chi connectivity index (χ0n) is 19.5. The smallest absolute Gasteiger partial charge is 0.271 e. The van der Waals surface area contributed by atoms with Gasteiger partial charge in [-0.25, -0.2) is 5.43 Å². The van der Waals surface area contributed by atoms with Crippen molar-refractivity contribution in [3.63, 3.8) is 0 Å². The molecule has 0 aliphatic carbocycles. The van der Waals surface area contributed by atoms with Crippen LogP contribution in [0.15, 0.2) is 94.5 Å². The van der Waals surface area contributed by atoms with Crippen molar-refractivity contribution < 1.29 is 9.53 Å². The van der Waals surface area contributed by atoms with Gasteiger partial charge in [0.2, 0.25) is 0 Å². The molecule has 4 nitrogen and oxygen atoms in total. The molecule has 5 heteroatoms. The average Bonchev–Trinajstić information content (AvgIpc) is 2.83. The first-order valence-corrected chi connectivity index (χ1v) is 11.9. The van der Waals surface area contributed by atoms with Crippen molar-refractivity contribution in [2.24, 2.45) is 5.10 Å². The molecular weight excluding hydrogens is 488 g/mol. The summed E-state index contributed by atoms with van der Waals surface area (Å²) in [5.41, 5.74) is 6.29. The van der Waals surface area contributed by atoms with E-state index in [0.29, 0.717) is 17.9 Å². The van der Waals surface area contributed by atoms with E-state index in [0.717, 1.165) is 26.4 Å². The van der Waals surface area contributed by atoms with Crippen LogP contribution in [0, 0.1) is 0 Å². The molecule has 4 aromatic carbocycles. The third kappa shape index (κ3) is 5.72. The van der Waals surface area contributed by atoms with Gasteiger partial charge in [0.1, 0.15) is 12.4 Å². The van der Waals surface area contributed by atoms with Crippen LogP contribution in [0.2, 0.25) is 0 Å². The van der Waals surface area contributed by atoms with E-state index in [1.54, 1.807) is 6.21 Å². The SMILES string of the molecule is CC(C)(C)c1ccc(C(=O)N/N=C/c2c(OCc3cccc(Br)c3)ccc3ccccc23)cc1. The number of hydrazone groups is 1. The van der Waals surface area contributed by atoms with Gasteiger partial charge in [0.05, 0.1) is 6.21 Å². The summed E-state index contributed by atoms with van der Waals surface area (Å²) >= 11 is 3.50. The molecule has 0 saturated heterocycles. The van der Waals surface area contributed by atoms with Gasteiger partial charge in [-0.1, -0.05) is 91.3 Å². The van der Waals surface area contributed by atoms with E-state index in [4.69, 9.17) is 4.74 Å². The standard InChI is InChI=1S/C29H27BrN2O2/c1-29(2,3)23-14-11-22(12-15-23)28(33)32-31-18-26-25-10-5-4-8-21(25)13-16-27(26)34-19-20-7-6-9-24(30)17-20/h4-18H,19H2,1-3H3,(H,32,33)/b31-18+. The number of carbonyl (C=O) groups excluding carboxylic acids is 1. The highest BCUT2D eigenvalue weighted by Crippen LogP contribution is 2.28. The summed E-state index contributed by atoms with van der Waals surface area (Å²) < 4.78 is 7.16. The van der Waals surface area contributed by atoms with Crippen LogP contribution < -0.4 is 10.2 Å². The molecule has 0 unspecified atom stereocenters. The maximum Gasteiger partial charge on any atom is 0.271 e. The Bertz CT molecular complexity index is 1340. The lowest BCUT2D eigenvalue weighted by atomic mass is 9.87. The van der Waals surface area contributed by atoms with E-state index < -0.39 is 0 Å². The Kier molecular flexibility index (Phi) is 7.13. The highest BCUT2D eigenvalue weighted by Gasteiger charge is 2.14. The Labute approximate surface area is 208 Å². The van der Waals surface area contributed by atoms with Crippen LogP contribution in [0.1, 0.15) is 47.8 Å². The van der Waals surface area contributed by atoms with E-state index >= 15 is 0 Å². The second kappa shape index (κ2) is 10.2. The van der Waals surface area contributed by atoms with Crippen LogP contribution in [-0.4, -0.2) is 12.1 Å². The summed E-state index contributed by atoms with van der Waals surface area (Å²) in [5.74, 6) is 0.444. The predicted molar refractivity (Wildman–Crippen MR) is 143 cm³/mol. The molecule has 0 heterocycles. The fraction of sp³-hybridized carbons (Fsp3) is 0.172. The van der Waals surface area contributed by atoms with E-state index in [1.807, 2.05) is 84.9 Å². The summed E-state index contributed by atoms with van der Waals surface area (Å²) in [6.07, 6.45) is 1.65. The molecule has 0 bridgehead atoms. The number of hydrogen-bond donors (Lipinski definition) is 1. The Morgan fingerprint density at radius 3 is 2.47 bits per heavy atom. The van der Waals surface area contributed by atoms with Crippen LogP contribution >= 0.6 is 15.9 Å². The number of halogens is 1. The molecular formula is C29H27BrN2O2. The van der Waals surface area contributed by atoms with Gasteiger partial charge in [-0.2, -0.15) is 5.10 Å². The van der Waals surface area contributed by atoms with Gasteiger partial charge in [0.15, 0.2) is 0 Å². The number of ether oxygens (including phenoxy) is 1. The second-order valence-corrected chi connectivity index (χ2v) is 10.1. The van der Waals surface area contributed by atoms with Gasteiger partial charge < -0.3 is 4.74 Å². The maximum atomic E-state index is 12.6. The fourth-order valence-corrected chi connectivity index (χ4v) is 4.11. The normalized spacial score (nSPS) is 11.6. The lowest BCUT2D eigenvalue weighted by Gasteiger charge is -2.18. The van der Waals surface area contributed by atoms with Crippen molar-refractivity contribution in [3.8, 4) is 5.75 Å². The van der Waals surface area contributed by atoms with Crippen LogP contribution in [-0.2, 0) is 12.0 Å². The van der Waals surface area contributed by atoms with Gasteiger partial charge in [0, 0.05) is 15.6 Å². The first-order valence-electron chi connectivity index (χ1n) is 11.1. The molecule has 0 aliphatic heterocycles. The molecule has 0 aromatic heterocycles. The van der Waals surface area contributed by atoms with Gasteiger partial charge in [-0.3, -0.25) is 4.79 Å².